The normalized spacial score (nSPS) is 10.6. The molecule has 38 valence electrons. The zero-order valence-corrected chi connectivity index (χ0v) is 5.29. The highest BCUT2D eigenvalue weighted by molar-refractivity contribution is 7.26. The maximum Gasteiger partial charge on any atom is 0.0668 e. The Morgan fingerprint density at radius 2 is 2.29 bits per heavy atom. The van der Waals surface area contributed by atoms with Crippen LogP contribution in [0.15, 0.2) is 0 Å². The van der Waals surface area contributed by atoms with Crippen LogP contribution in [0, 0.1) is 13.8 Å². The molecule has 0 aliphatic rings. The molecule has 0 aromatic carbocycles. The lowest BCUT2D eigenvalue weighted by molar-refractivity contribution is 1.08. The fourth-order valence-corrected chi connectivity index (χ4v) is 0.899. The van der Waals surface area contributed by atoms with E-state index in [1.807, 2.05) is 6.92 Å². The highest BCUT2D eigenvalue weighted by Gasteiger charge is 1.89. The van der Waals surface area contributed by atoms with Gasteiger partial charge in [-0.15, -0.1) is 0 Å². The molecule has 1 N–H and O–H groups in total. The Kier molecular flexibility index (Phi) is 1.11. The van der Waals surface area contributed by atoms with Crippen molar-refractivity contribution in [1.29, 1.82) is 0 Å². The van der Waals surface area contributed by atoms with Crippen LogP contribution >= 0.6 is 8.35 Å². The molecule has 1 rings (SSSR count). The number of hydrogen-bond donors (Lipinski definition) is 1. The summed E-state index contributed by atoms with van der Waals surface area (Å²) < 4.78 is 0. The van der Waals surface area contributed by atoms with E-state index in [4.69, 9.17) is 0 Å². The summed E-state index contributed by atoms with van der Waals surface area (Å²) in [5.41, 5.74) is 1.13. The van der Waals surface area contributed by atoms with Gasteiger partial charge in [-0.2, -0.15) is 5.10 Å². The fraction of sp³-hybridized carbons (Fsp3) is 0.500. The van der Waals surface area contributed by atoms with Crippen LogP contribution in [-0.4, -0.2) is 9.96 Å². The molecule has 3 heteroatoms. The van der Waals surface area contributed by atoms with Crippen molar-refractivity contribution in [3.8, 4) is 0 Å². The summed E-state index contributed by atoms with van der Waals surface area (Å²) in [5.74, 6) is 0. The Labute approximate surface area is 44.1 Å². The first-order chi connectivity index (χ1) is 3.30. The van der Waals surface area contributed by atoms with Gasteiger partial charge in [0.2, 0.25) is 0 Å². The van der Waals surface area contributed by atoms with Crippen molar-refractivity contribution in [3.05, 3.63) is 11.0 Å². The van der Waals surface area contributed by atoms with Crippen molar-refractivity contribution in [3.63, 3.8) is 0 Å². The van der Waals surface area contributed by atoms with Gasteiger partial charge in [0.15, 0.2) is 0 Å². The molecule has 0 aliphatic carbocycles. The molecule has 7 heavy (non-hydrogen) atoms. The Bertz CT molecular complexity index is 142. The zero-order chi connectivity index (χ0) is 5.28. The molecule has 0 unspecified atom stereocenters. The second kappa shape index (κ2) is 1.63. The maximum atomic E-state index is 3.93. The standard InChI is InChI=1S/C4H7N2P/c1-3-4(2)7-6-5-3/h1-2H3,(H,5,6). The third-order valence-corrected chi connectivity index (χ3v) is 1.82. The van der Waals surface area contributed by atoms with E-state index in [2.05, 4.69) is 16.9 Å². The molecule has 0 amide bonds. The van der Waals surface area contributed by atoms with Crippen molar-refractivity contribution in [2.24, 2.45) is 0 Å². The quantitative estimate of drug-likeness (QED) is 0.545. The molecular formula is C4H7N2P. The van der Waals surface area contributed by atoms with Crippen LogP contribution in [-0.2, 0) is 0 Å². The molecule has 0 saturated carbocycles. The Morgan fingerprint density at radius 1 is 1.57 bits per heavy atom. The number of rotatable bonds is 0. The summed E-state index contributed by atoms with van der Waals surface area (Å²) in [6.45, 7) is 4.07. The van der Waals surface area contributed by atoms with Crippen molar-refractivity contribution in [2.45, 2.75) is 13.8 Å². The predicted octanol–water partition coefficient (Wildman–Crippen LogP) is 1.61. The Morgan fingerprint density at radius 3 is 2.43 bits per heavy atom. The van der Waals surface area contributed by atoms with Crippen molar-refractivity contribution in [1.82, 2.24) is 9.96 Å². The molecule has 0 fully saturated rings. The van der Waals surface area contributed by atoms with Gasteiger partial charge in [0.1, 0.15) is 0 Å². The lowest BCUT2D eigenvalue weighted by atomic mass is 10.4. The molecular weight excluding hydrogens is 107 g/mol. The second-order valence-electron chi connectivity index (χ2n) is 1.49. The van der Waals surface area contributed by atoms with E-state index in [1.54, 1.807) is 0 Å². The Balaban J connectivity index is 3.12. The lowest BCUT2D eigenvalue weighted by Gasteiger charge is -1.75. The first kappa shape index (κ1) is 4.79. The molecule has 1 heterocycles. The van der Waals surface area contributed by atoms with E-state index in [1.165, 1.54) is 5.30 Å². The molecule has 0 atom stereocenters. The van der Waals surface area contributed by atoms with Gasteiger partial charge in [-0.3, -0.25) is 4.86 Å². The largest absolute Gasteiger partial charge is 0.260 e. The minimum Gasteiger partial charge on any atom is -0.260 e. The van der Waals surface area contributed by atoms with Gasteiger partial charge < -0.3 is 0 Å². The van der Waals surface area contributed by atoms with Gasteiger partial charge in [0.25, 0.3) is 0 Å². The van der Waals surface area contributed by atoms with Crippen LogP contribution in [0.25, 0.3) is 0 Å². The van der Waals surface area contributed by atoms with E-state index >= 15 is 0 Å². The van der Waals surface area contributed by atoms with Crippen LogP contribution in [0.4, 0.5) is 0 Å². The van der Waals surface area contributed by atoms with Crippen molar-refractivity contribution in [2.75, 3.05) is 0 Å². The van der Waals surface area contributed by atoms with E-state index in [-0.39, 0.29) is 0 Å². The monoisotopic (exact) mass is 114 g/mol. The molecule has 0 spiro atoms. The maximum absolute atomic E-state index is 3.93. The molecule has 0 bridgehead atoms. The van der Waals surface area contributed by atoms with Gasteiger partial charge in [0.05, 0.1) is 5.69 Å². The van der Waals surface area contributed by atoms with E-state index in [9.17, 15) is 0 Å². The number of hydrogen-bond acceptors (Lipinski definition) is 1. The number of aryl methyl sites for hydroxylation is 2. The van der Waals surface area contributed by atoms with Gasteiger partial charge in [-0.1, -0.05) is 0 Å². The summed E-state index contributed by atoms with van der Waals surface area (Å²) >= 11 is 0. The van der Waals surface area contributed by atoms with Crippen LogP contribution < -0.4 is 0 Å². The van der Waals surface area contributed by atoms with Crippen LogP contribution in [0.3, 0.4) is 0 Å². The summed E-state index contributed by atoms with van der Waals surface area (Å²) in [7, 11) is 1.15. The first-order valence-corrected chi connectivity index (χ1v) is 3.04. The molecule has 0 radical (unpaired) electrons. The second-order valence-corrected chi connectivity index (χ2v) is 2.59. The third kappa shape index (κ3) is 0.804. The minimum atomic E-state index is 1.13. The van der Waals surface area contributed by atoms with Crippen LogP contribution in [0.5, 0.6) is 0 Å². The van der Waals surface area contributed by atoms with E-state index < -0.39 is 0 Å². The van der Waals surface area contributed by atoms with E-state index in [0.717, 1.165) is 14.0 Å². The molecule has 1 aromatic heterocycles. The molecule has 2 nitrogen and oxygen atoms in total. The molecule has 0 aliphatic heterocycles. The lowest BCUT2D eigenvalue weighted by Crippen LogP contribution is -1.70. The highest BCUT2D eigenvalue weighted by Crippen LogP contribution is 2.09. The van der Waals surface area contributed by atoms with E-state index in [0.29, 0.717) is 0 Å². The topological polar surface area (TPSA) is 28.7 Å². The van der Waals surface area contributed by atoms with Crippen LogP contribution in [0.2, 0.25) is 0 Å². The zero-order valence-electron chi connectivity index (χ0n) is 4.39. The van der Waals surface area contributed by atoms with Gasteiger partial charge in [0, 0.05) is 13.6 Å². The third-order valence-electron chi connectivity index (χ3n) is 0.959. The van der Waals surface area contributed by atoms with Gasteiger partial charge >= 0.3 is 0 Å². The van der Waals surface area contributed by atoms with Gasteiger partial charge in [-0.05, 0) is 13.8 Å². The van der Waals surface area contributed by atoms with Crippen molar-refractivity contribution >= 4 is 8.35 Å². The Hall–Kier alpha value is -0.360. The van der Waals surface area contributed by atoms with Crippen LogP contribution in [0.1, 0.15) is 11.0 Å². The molecule has 0 saturated heterocycles. The highest BCUT2D eigenvalue weighted by atomic mass is 31.0. The fourth-order valence-electron chi connectivity index (χ4n) is 0.337. The summed E-state index contributed by atoms with van der Waals surface area (Å²) in [6.07, 6.45) is 0. The predicted molar refractivity (Wildman–Crippen MR) is 30.6 cm³/mol. The number of aromatic amines is 1. The summed E-state index contributed by atoms with van der Waals surface area (Å²) in [6, 6.07) is 0. The van der Waals surface area contributed by atoms with Gasteiger partial charge in [-0.25, -0.2) is 0 Å². The summed E-state index contributed by atoms with van der Waals surface area (Å²) in [5, 5.41) is 5.25. The van der Waals surface area contributed by atoms with Crippen molar-refractivity contribution < 1.29 is 0 Å². The number of aromatic nitrogens is 2. The first-order valence-electron chi connectivity index (χ1n) is 2.14. The average Bonchev–Trinajstić information content (AvgIpc) is 1.91. The SMILES string of the molecule is Cc1n[nH]pc1C. The summed E-state index contributed by atoms with van der Waals surface area (Å²) in [4.78, 5) is 2.84. The smallest absolute Gasteiger partial charge is 0.0668 e. The molecule has 1 aromatic rings. The number of nitrogens with zero attached hydrogens (tertiary/aromatic N) is 1. The number of nitrogens with one attached hydrogen (secondary N) is 1. The number of H-pyrrole nitrogens is 1. The minimum absolute atomic E-state index is 1.13. The average molecular weight is 114 g/mol.